The Morgan fingerprint density at radius 2 is 1.79 bits per heavy atom. The molecule has 0 fully saturated rings. The van der Waals surface area contributed by atoms with E-state index in [1.807, 2.05) is 0 Å². The molecule has 0 aliphatic heterocycles. The van der Waals surface area contributed by atoms with Crippen molar-refractivity contribution < 1.29 is 22.9 Å². The minimum absolute atomic E-state index is 0.124. The summed E-state index contributed by atoms with van der Waals surface area (Å²) in [7, 11) is 0.610. The summed E-state index contributed by atoms with van der Waals surface area (Å²) < 4.78 is 37.3. The molecule has 0 radical (unpaired) electrons. The van der Waals surface area contributed by atoms with Crippen molar-refractivity contribution in [1.82, 2.24) is 4.90 Å². The zero-order valence-corrected chi connectivity index (χ0v) is 10.4. The Labute approximate surface area is 106 Å². The fourth-order valence-corrected chi connectivity index (χ4v) is 1.52. The van der Waals surface area contributed by atoms with Crippen LogP contribution in [-0.4, -0.2) is 29.1 Å². The molecule has 0 atom stereocenters. The molecule has 0 spiro atoms. The maximum absolute atomic E-state index is 12.4. The number of alkyl halides is 3. The lowest BCUT2D eigenvalue weighted by molar-refractivity contribution is -0.385. The number of hydrogen-bond donors (Lipinski definition) is 0. The number of nitro groups is 1. The number of carbonyl (C=O) groups is 1. The lowest BCUT2D eigenvalue weighted by Crippen LogP contribution is -2.39. The number of nitrogens with zero attached hydrogens (tertiary/aromatic N) is 2. The van der Waals surface area contributed by atoms with E-state index in [0.717, 1.165) is 12.1 Å². The average Bonchev–Trinajstić information content (AvgIpc) is 2.28. The Balaban J connectivity index is 3.27. The van der Waals surface area contributed by atoms with Gasteiger partial charge in [-0.3, -0.25) is 19.8 Å². The normalized spacial score (nSPS) is 11.3. The first-order valence-corrected chi connectivity index (χ1v) is 5.16. The molecule has 0 unspecified atom stereocenters. The molecule has 0 aliphatic carbocycles. The molecular weight excluding hydrogens is 265 g/mol. The van der Waals surface area contributed by atoms with E-state index in [9.17, 15) is 28.1 Å². The Morgan fingerprint density at radius 3 is 2.21 bits per heavy atom. The zero-order valence-electron chi connectivity index (χ0n) is 10.4. The SMILES string of the molecule is Cc1cc([N+](=O)[O-])c(C)cc1C(=O)N(C)C(F)(F)F. The van der Waals surface area contributed by atoms with Crippen LogP contribution in [-0.2, 0) is 0 Å². The number of hydrogen-bond acceptors (Lipinski definition) is 3. The number of carbonyl (C=O) groups excluding carboxylic acids is 1. The van der Waals surface area contributed by atoms with E-state index >= 15 is 0 Å². The standard InChI is InChI=1S/C11H11F3N2O3/c1-6-5-9(16(18)19)7(2)4-8(6)10(17)15(3)11(12,13)14/h4-5H,1-3H3. The van der Waals surface area contributed by atoms with Crippen molar-refractivity contribution in [2.75, 3.05) is 7.05 Å². The second-order valence-corrected chi connectivity index (χ2v) is 4.04. The van der Waals surface area contributed by atoms with Gasteiger partial charge in [-0.05, 0) is 25.5 Å². The Bertz CT molecular complexity index is 541. The lowest BCUT2D eigenvalue weighted by Gasteiger charge is -2.21. The van der Waals surface area contributed by atoms with Gasteiger partial charge < -0.3 is 0 Å². The first-order valence-electron chi connectivity index (χ1n) is 5.16. The average molecular weight is 276 g/mol. The van der Waals surface area contributed by atoms with Gasteiger partial charge in [-0.15, -0.1) is 13.2 Å². The highest BCUT2D eigenvalue weighted by atomic mass is 19.4. The molecule has 1 amide bonds. The van der Waals surface area contributed by atoms with Gasteiger partial charge in [0.1, 0.15) is 0 Å². The lowest BCUT2D eigenvalue weighted by atomic mass is 10.0. The minimum Gasteiger partial charge on any atom is -0.269 e. The number of nitro benzene ring substituents is 1. The Hall–Kier alpha value is -2.12. The van der Waals surface area contributed by atoms with Crippen LogP contribution < -0.4 is 0 Å². The molecule has 0 aliphatic rings. The van der Waals surface area contributed by atoms with Gasteiger partial charge in [0, 0.05) is 24.2 Å². The summed E-state index contributed by atoms with van der Waals surface area (Å²) in [5.74, 6) is -1.25. The van der Waals surface area contributed by atoms with E-state index in [0.29, 0.717) is 7.05 Å². The second-order valence-electron chi connectivity index (χ2n) is 4.04. The van der Waals surface area contributed by atoms with Crippen LogP contribution in [0.1, 0.15) is 21.5 Å². The first kappa shape index (κ1) is 14.9. The summed E-state index contributed by atoms with van der Waals surface area (Å²) in [6.45, 7) is 2.71. The Kier molecular flexibility index (Phi) is 3.83. The fraction of sp³-hybridized carbons (Fsp3) is 0.364. The van der Waals surface area contributed by atoms with Crippen molar-refractivity contribution in [3.63, 3.8) is 0 Å². The van der Waals surface area contributed by atoms with E-state index in [1.54, 1.807) is 0 Å². The van der Waals surface area contributed by atoms with Gasteiger partial charge in [0.2, 0.25) is 0 Å². The highest BCUT2D eigenvalue weighted by Crippen LogP contribution is 2.26. The van der Waals surface area contributed by atoms with Crippen molar-refractivity contribution in [1.29, 1.82) is 0 Å². The van der Waals surface area contributed by atoms with Crippen LogP contribution in [0.15, 0.2) is 12.1 Å². The molecule has 0 saturated heterocycles. The van der Waals surface area contributed by atoms with Crippen molar-refractivity contribution >= 4 is 11.6 Å². The van der Waals surface area contributed by atoms with Gasteiger partial charge >= 0.3 is 6.30 Å². The molecule has 0 aromatic heterocycles. The van der Waals surface area contributed by atoms with Crippen LogP contribution in [0, 0.1) is 24.0 Å². The molecule has 0 bridgehead atoms. The third-order valence-corrected chi connectivity index (χ3v) is 2.65. The minimum atomic E-state index is -4.79. The summed E-state index contributed by atoms with van der Waals surface area (Å²) >= 11 is 0. The number of aryl methyl sites for hydroxylation is 2. The van der Waals surface area contributed by atoms with Gasteiger partial charge in [0.25, 0.3) is 11.6 Å². The second kappa shape index (κ2) is 4.87. The van der Waals surface area contributed by atoms with E-state index in [2.05, 4.69) is 0 Å². The number of rotatable bonds is 2. The predicted octanol–water partition coefficient (Wildman–Crippen LogP) is 2.80. The van der Waals surface area contributed by atoms with Gasteiger partial charge in [-0.1, -0.05) is 0 Å². The first-order chi connectivity index (χ1) is 8.55. The number of amides is 1. The summed E-state index contributed by atoms with van der Waals surface area (Å²) in [5, 5.41) is 10.7. The highest BCUT2D eigenvalue weighted by Gasteiger charge is 2.38. The molecule has 1 aromatic rings. The van der Waals surface area contributed by atoms with Gasteiger partial charge in [-0.25, -0.2) is 0 Å². The molecule has 19 heavy (non-hydrogen) atoms. The van der Waals surface area contributed by atoms with Crippen molar-refractivity contribution in [2.45, 2.75) is 20.1 Å². The van der Waals surface area contributed by atoms with Crippen molar-refractivity contribution in [2.24, 2.45) is 0 Å². The molecule has 1 rings (SSSR count). The van der Waals surface area contributed by atoms with Gasteiger partial charge in [0.05, 0.1) is 4.92 Å². The van der Waals surface area contributed by atoms with Crippen molar-refractivity contribution in [3.05, 3.63) is 38.9 Å². The van der Waals surface area contributed by atoms with Gasteiger partial charge in [-0.2, -0.15) is 0 Å². The molecule has 5 nitrogen and oxygen atoms in total. The van der Waals surface area contributed by atoms with E-state index in [4.69, 9.17) is 0 Å². The molecule has 0 N–H and O–H groups in total. The molecule has 0 heterocycles. The van der Waals surface area contributed by atoms with E-state index < -0.39 is 17.1 Å². The van der Waals surface area contributed by atoms with Crippen LogP contribution in [0.25, 0.3) is 0 Å². The van der Waals surface area contributed by atoms with Crippen LogP contribution >= 0.6 is 0 Å². The third-order valence-electron chi connectivity index (χ3n) is 2.65. The third kappa shape index (κ3) is 3.01. The maximum atomic E-state index is 12.4. The van der Waals surface area contributed by atoms with Crippen LogP contribution in [0.2, 0.25) is 0 Å². The highest BCUT2D eigenvalue weighted by molar-refractivity contribution is 5.96. The summed E-state index contributed by atoms with van der Waals surface area (Å²) in [5.41, 5.74) is -0.181. The molecule has 104 valence electrons. The summed E-state index contributed by atoms with van der Waals surface area (Å²) in [6, 6.07) is 2.19. The summed E-state index contributed by atoms with van der Waals surface area (Å²) in [6.07, 6.45) is -4.79. The predicted molar refractivity (Wildman–Crippen MR) is 60.7 cm³/mol. The number of benzene rings is 1. The van der Waals surface area contributed by atoms with E-state index in [1.165, 1.54) is 13.8 Å². The maximum Gasteiger partial charge on any atom is 0.487 e. The molecule has 8 heteroatoms. The zero-order chi connectivity index (χ0) is 15.0. The fourth-order valence-electron chi connectivity index (χ4n) is 1.52. The van der Waals surface area contributed by atoms with Crippen LogP contribution in [0.4, 0.5) is 18.9 Å². The topological polar surface area (TPSA) is 63.5 Å². The smallest absolute Gasteiger partial charge is 0.269 e. The van der Waals surface area contributed by atoms with E-state index in [-0.39, 0.29) is 27.3 Å². The molecular formula is C11H11F3N2O3. The van der Waals surface area contributed by atoms with Crippen LogP contribution in [0.5, 0.6) is 0 Å². The monoisotopic (exact) mass is 276 g/mol. The van der Waals surface area contributed by atoms with Crippen LogP contribution in [0.3, 0.4) is 0 Å². The van der Waals surface area contributed by atoms with Gasteiger partial charge in [0.15, 0.2) is 0 Å². The summed E-state index contributed by atoms with van der Waals surface area (Å²) in [4.78, 5) is 21.4. The number of halogens is 3. The quantitative estimate of drug-likeness (QED) is 0.474. The molecule has 0 saturated carbocycles. The Morgan fingerprint density at radius 1 is 1.26 bits per heavy atom. The van der Waals surface area contributed by atoms with Crippen molar-refractivity contribution in [3.8, 4) is 0 Å². The largest absolute Gasteiger partial charge is 0.487 e. The molecule has 1 aromatic carbocycles.